The van der Waals surface area contributed by atoms with Gasteiger partial charge in [0.1, 0.15) is 5.75 Å². The van der Waals surface area contributed by atoms with Crippen molar-refractivity contribution in [2.75, 3.05) is 24.4 Å². The molecule has 0 N–H and O–H groups in total. The van der Waals surface area contributed by atoms with Crippen molar-refractivity contribution in [3.8, 4) is 5.75 Å². The van der Waals surface area contributed by atoms with Crippen LogP contribution in [-0.4, -0.2) is 25.4 Å². The van der Waals surface area contributed by atoms with Crippen LogP contribution in [0.4, 0.5) is 14.5 Å². The Kier molecular flexibility index (Phi) is 3.71. The summed E-state index contributed by atoms with van der Waals surface area (Å²) in [6, 6.07) is 1.91. The average Bonchev–Trinajstić information content (AvgIpc) is 2.73. The van der Waals surface area contributed by atoms with Gasteiger partial charge in [-0.05, 0) is 5.92 Å². The van der Waals surface area contributed by atoms with Crippen LogP contribution in [0, 0.1) is 17.6 Å². The minimum atomic E-state index is -1.01. The summed E-state index contributed by atoms with van der Waals surface area (Å²) in [6.45, 7) is 0.393. The first-order valence-electron chi connectivity index (χ1n) is 5.46. The van der Waals surface area contributed by atoms with Crippen molar-refractivity contribution >= 4 is 23.2 Å². The molecule has 1 aromatic rings. The second kappa shape index (κ2) is 5.10. The van der Waals surface area contributed by atoms with Gasteiger partial charge in [-0.25, -0.2) is 8.78 Å². The zero-order chi connectivity index (χ0) is 13.3. The fraction of sp³-hybridized carbons (Fsp3) is 0.417. The highest BCUT2D eigenvalue weighted by Crippen LogP contribution is 2.34. The number of nitrogens with zero attached hydrogens (tertiary/aromatic N) is 1. The van der Waals surface area contributed by atoms with Crippen LogP contribution >= 0.6 is 11.6 Å². The van der Waals surface area contributed by atoms with Crippen molar-refractivity contribution in [3.05, 3.63) is 23.8 Å². The Labute approximate surface area is 108 Å². The van der Waals surface area contributed by atoms with Crippen LogP contribution in [0.5, 0.6) is 5.75 Å². The van der Waals surface area contributed by atoms with Gasteiger partial charge in [-0.2, -0.15) is 0 Å². The van der Waals surface area contributed by atoms with Gasteiger partial charge >= 0.3 is 0 Å². The van der Waals surface area contributed by atoms with Crippen LogP contribution in [0.3, 0.4) is 0 Å². The SMILES string of the molecule is COc1cc(F)c(F)cc1N1CC(CCl)CC1=O. The number of rotatable bonds is 3. The lowest BCUT2D eigenvalue weighted by atomic mass is 10.1. The number of benzene rings is 1. The Bertz CT molecular complexity index is 481. The van der Waals surface area contributed by atoms with E-state index in [1.165, 1.54) is 12.0 Å². The van der Waals surface area contributed by atoms with Crippen molar-refractivity contribution in [3.63, 3.8) is 0 Å². The second-order valence-corrected chi connectivity index (χ2v) is 4.48. The molecule has 2 rings (SSSR count). The number of carbonyl (C=O) groups is 1. The summed E-state index contributed by atoms with van der Waals surface area (Å²) in [5.74, 6) is -1.66. The van der Waals surface area contributed by atoms with Crippen LogP contribution in [0.2, 0.25) is 0 Å². The summed E-state index contributed by atoms with van der Waals surface area (Å²) in [5, 5.41) is 0. The van der Waals surface area contributed by atoms with Gasteiger partial charge in [-0.3, -0.25) is 4.79 Å². The van der Waals surface area contributed by atoms with Crippen LogP contribution in [0.25, 0.3) is 0 Å². The Balaban J connectivity index is 2.38. The molecule has 1 amide bonds. The molecule has 1 aromatic carbocycles. The first-order valence-corrected chi connectivity index (χ1v) is 5.99. The maximum Gasteiger partial charge on any atom is 0.227 e. The van der Waals surface area contributed by atoms with Gasteiger partial charge in [0.25, 0.3) is 0 Å². The lowest BCUT2D eigenvalue weighted by molar-refractivity contribution is -0.117. The number of alkyl halides is 1. The predicted octanol–water partition coefficient (Wildman–Crippen LogP) is 2.57. The number of hydrogen-bond acceptors (Lipinski definition) is 2. The molecule has 0 spiro atoms. The summed E-state index contributed by atoms with van der Waals surface area (Å²) in [7, 11) is 1.34. The highest BCUT2D eigenvalue weighted by molar-refractivity contribution is 6.18. The van der Waals surface area contributed by atoms with Crippen molar-refractivity contribution in [2.24, 2.45) is 5.92 Å². The van der Waals surface area contributed by atoms with E-state index in [9.17, 15) is 13.6 Å². The number of ether oxygens (including phenoxy) is 1. The van der Waals surface area contributed by atoms with Crippen molar-refractivity contribution in [1.29, 1.82) is 0 Å². The zero-order valence-corrected chi connectivity index (χ0v) is 10.5. The van der Waals surface area contributed by atoms with Gasteiger partial charge in [0.05, 0.1) is 12.8 Å². The number of hydrogen-bond donors (Lipinski definition) is 0. The molecule has 1 aliphatic heterocycles. The molecule has 1 aliphatic rings. The molecule has 0 bridgehead atoms. The average molecular weight is 276 g/mol. The van der Waals surface area contributed by atoms with E-state index in [1.54, 1.807) is 0 Å². The van der Waals surface area contributed by atoms with Gasteiger partial charge < -0.3 is 9.64 Å². The second-order valence-electron chi connectivity index (χ2n) is 4.17. The van der Waals surface area contributed by atoms with Crippen LogP contribution in [-0.2, 0) is 4.79 Å². The molecule has 0 aromatic heterocycles. The predicted molar refractivity (Wildman–Crippen MR) is 64.1 cm³/mol. The number of methoxy groups -OCH3 is 1. The Morgan fingerprint density at radius 3 is 2.67 bits per heavy atom. The number of anilines is 1. The van der Waals surface area contributed by atoms with Crippen molar-refractivity contribution in [2.45, 2.75) is 6.42 Å². The normalized spacial score (nSPS) is 19.4. The first-order chi connectivity index (χ1) is 8.56. The highest BCUT2D eigenvalue weighted by Gasteiger charge is 2.32. The van der Waals surface area contributed by atoms with Crippen molar-refractivity contribution < 1.29 is 18.3 Å². The number of amides is 1. The summed E-state index contributed by atoms with van der Waals surface area (Å²) < 4.78 is 31.3. The monoisotopic (exact) mass is 275 g/mol. The molecule has 3 nitrogen and oxygen atoms in total. The standard InChI is InChI=1S/C12H12ClF2NO2/c1-18-11-4-9(15)8(14)3-10(11)16-6-7(5-13)2-12(16)17/h3-4,7H,2,5-6H2,1H3. The molecule has 18 heavy (non-hydrogen) atoms. The molecule has 0 saturated carbocycles. The fourth-order valence-corrected chi connectivity index (χ4v) is 2.22. The molecule has 1 heterocycles. The maximum absolute atomic E-state index is 13.3. The summed E-state index contributed by atoms with van der Waals surface area (Å²) >= 11 is 5.71. The van der Waals surface area contributed by atoms with E-state index in [2.05, 4.69) is 0 Å². The van der Waals surface area contributed by atoms with Gasteiger partial charge in [0.2, 0.25) is 5.91 Å². The molecule has 98 valence electrons. The molecule has 1 atom stereocenters. The van der Waals surface area contributed by atoms with Crippen LogP contribution in [0.1, 0.15) is 6.42 Å². The van der Waals surface area contributed by atoms with Crippen molar-refractivity contribution in [1.82, 2.24) is 0 Å². The van der Waals surface area contributed by atoms with Gasteiger partial charge in [-0.1, -0.05) is 0 Å². The number of carbonyl (C=O) groups excluding carboxylic acids is 1. The van der Waals surface area contributed by atoms with Crippen LogP contribution < -0.4 is 9.64 Å². The lowest BCUT2D eigenvalue weighted by Gasteiger charge is -2.19. The summed E-state index contributed by atoms with van der Waals surface area (Å²) in [5.41, 5.74) is 0.244. The third-order valence-corrected chi connectivity index (χ3v) is 3.37. The summed E-state index contributed by atoms with van der Waals surface area (Å²) in [4.78, 5) is 13.2. The molecular weight excluding hydrogens is 264 g/mol. The van der Waals surface area contributed by atoms with E-state index in [0.29, 0.717) is 18.8 Å². The Morgan fingerprint density at radius 1 is 1.44 bits per heavy atom. The molecule has 1 unspecified atom stereocenters. The quantitative estimate of drug-likeness (QED) is 0.794. The fourth-order valence-electron chi connectivity index (χ4n) is 2.01. The Hall–Kier alpha value is -1.36. The van der Waals surface area contributed by atoms with E-state index < -0.39 is 11.6 Å². The molecule has 6 heteroatoms. The third kappa shape index (κ3) is 2.27. The molecule has 0 radical (unpaired) electrons. The van der Waals surface area contributed by atoms with E-state index in [4.69, 9.17) is 16.3 Å². The largest absolute Gasteiger partial charge is 0.494 e. The maximum atomic E-state index is 13.3. The van der Waals surface area contributed by atoms with E-state index >= 15 is 0 Å². The van der Waals surface area contributed by atoms with E-state index in [1.807, 2.05) is 0 Å². The van der Waals surface area contributed by atoms with Gasteiger partial charge in [0, 0.05) is 31.0 Å². The molecule has 0 aliphatic carbocycles. The lowest BCUT2D eigenvalue weighted by Crippen LogP contribution is -2.25. The minimum absolute atomic E-state index is 0.0250. The highest BCUT2D eigenvalue weighted by atomic mass is 35.5. The minimum Gasteiger partial charge on any atom is -0.494 e. The van der Waals surface area contributed by atoms with Gasteiger partial charge in [0.15, 0.2) is 11.6 Å². The van der Waals surface area contributed by atoms with E-state index in [-0.39, 0.29) is 23.3 Å². The van der Waals surface area contributed by atoms with Crippen LogP contribution in [0.15, 0.2) is 12.1 Å². The number of halogens is 3. The molecule has 1 saturated heterocycles. The van der Waals surface area contributed by atoms with Gasteiger partial charge in [-0.15, -0.1) is 11.6 Å². The zero-order valence-electron chi connectivity index (χ0n) is 9.75. The first kappa shape index (κ1) is 13.1. The Morgan fingerprint density at radius 2 is 2.11 bits per heavy atom. The topological polar surface area (TPSA) is 29.5 Å². The smallest absolute Gasteiger partial charge is 0.227 e. The van der Waals surface area contributed by atoms with E-state index in [0.717, 1.165) is 12.1 Å². The third-order valence-electron chi connectivity index (χ3n) is 2.94. The summed E-state index contributed by atoms with van der Waals surface area (Å²) in [6.07, 6.45) is 0.311. The molecule has 1 fully saturated rings. The molecular formula is C12H12ClF2NO2.